The molecule has 1 aliphatic heterocycles. The Morgan fingerprint density at radius 1 is 1.17 bits per heavy atom. The van der Waals surface area contributed by atoms with Gasteiger partial charge in [-0.1, -0.05) is 18.2 Å². The number of carboxylic acid groups (broad SMARTS) is 1. The maximum atomic E-state index is 12.5. The normalized spacial score (nSPS) is 16.2. The molecule has 3 rings (SSSR count). The van der Waals surface area contributed by atoms with E-state index in [1.807, 2.05) is 30.3 Å². The highest BCUT2D eigenvalue weighted by Crippen LogP contribution is 2.24. The molecule has 7 heteroatoms. The van der Waals surface area contributed by atoms with E-state index in [0.717, 1.165) is 41.7 Å². The van der Waals surface area contributed by atoms with Crippen molar-refractivity contribution in [2.45, 2.75) is 45.2 Å². The molecule has 1 amide bonds. The van der Waals surface area contributed by atoms with Crippen molar-refractivity contribution in [1.29, 1.82) is 0 Å². The van der Waals surface area contributed by atoms with Crippen molar-refractivity contribution in [2.75, 3.05) is 19.7 Å². The van der Waals surface area contributed by atoms with Gasteiger partial charge in [-0.3, -0.25) is 19.5 Å². The quantitative estimate of drug-likeness (QED) is 0.786. The summed E-state index contributed by atoms with van der Waals surface area (Å²) in [6, 6.07) is 9.74. The summed E-state index contributed by atoms with van der Waals surface area (Å²) in [5.41, 5.74) is 2.95. The molecule has 7 nitrogen and oxygen atoms in total. The zero-order chi connectivity index (χ0) is 21.2. The van der Waals surface area contributed by atoms with Crippen molar-refractivity contribution in [1.82, 2.24) is 15.2 Å². The molecule has 160 valence electrons. The number of amides is 1. The van der Waals surface area contributed by atoms with Crippen molar-refractivity contribution >= 4 is 11.9 Å². The number of benzene rings is 1. The Morgan fingerprint density at radius 3 is 2.87 bits per heavy atom. The molecule has 0 atom stereocenters. The molecule has 2 heterocycles. The van der Waals surface area contributed by atoms with Gasteiger partial charge in [0.1, 0.15) is 5.75 Å². The molecule has 0 saturated heterocycles. The Labute approximate surface area is 177 Å². The summed E-state index contributed by atoms with van der Waals surface area (Å²) in [4.78, 5) is 29.7. The van der Waals surface area contributed by atoms with Crippen LogP contribution >= 0.6 is 0 Å². The van der Waals surface area contributed by atoms with Crippen LogP contribution < -0.4 is 10.1 Å². The fourth-order valence-corrected chi connectivity index (χ4v) is 3.54. The number of pyridine rings is 1. The maximum Gasteiger partial charge on any atom is 0.303 e. The lowest BCUT2D eigenvalue weighted by Gasteiger charge is -2.23. The van der Waals surface area contributed by atoms with Crippen LogP contribution in [-0.2, 0) is 29.1 Å². The summed E-state index contributed by atoms with van der Waals surface area (Å²) in [7, 11) is 0. The number of nitrogens with one attached hydrogen (secondary N) is 1. The predicted molar refractivity (Wildman–Crippen MR) is 113 cm³/mol. The Morgan fingerprint density at radius 2 is 2.07 bits per heavy atom. The van der Waals surface area contributed by atoms with Crippen LogP contribution in [0.5, 0.6) is 5.75 Å². The molecule has 0 aliphatic carbocycles. The molecule has 1 aliphatic rings. The standard InChI is InChI=1S/C23H29N3O4/c27-22-17-26(15-19-5-4-10-24-14-19)16-20-13-18(7-9-23(28)29)6-8-21(20)30-12-3-1-2-11-25-22/h4-6,8,10,13-14H,1-3,7,9,11-12,15-17H2,(H,25,27)(H,28,29). The molecule has 0 unspecified atom stereocenters. The molecule has 0 spiro atoms. The number of carboxylic acids is 1. The summed E-state index contributed by atoms with van der Waals surface area (Å²) < 4.78 is 6.05. The fraction of sp³-hybridized carbons (Fsp3) is 0.435. The van der Waals surface area contributed by atoms with Gasteiger partial charge in [0.15, 0.2) is 0 Å². The number of carbonyl (C=O) groups is 2. The molecular formula is C23H29N3O4. The van der Waals surface area contributed by atoms with Crippen molar-refractivity contribution in [2.24, 2.45) is 0 Å². The van der Waals surface area contributed by atoms with Crippen molar-refractivity contribution in [3.8, 4) is 5.75 Å². The van der Waals surface area contributed by atoms with E-state index in [2.05, 4.69) is 15.2 Å². The van der Waals surface area contributed by atoms with E-state index in [0.29, 0.717) is 32.7 Å². The predicted octanol–water partition coefficient (Wildman–Crippen LogP) is 2.78. The topological polar surface area (TPSA) is 91.8 Å². The van der Waals surface area contributed by atoms with Gasteiger partial charge in [-0.05, 0) is 48.9 Å². The van der Waals surface area contributed by atoms with E-state index in [-0.39, 0.29) is 18.9 Å². The maximum absolute atomic E-state index is 12.5. The van der Waals surface area contributed by atoms with Gasteiger partial charge in [0.2, 0.25) is 5.91 Å². The van der Waals surface area contributed by atoms with E-state index < -0.39 is 5.97 Å². The first-order chi connectivity index (χ1) is 14.6. The smallest absolute Gasteiger partial charge is 0.303 e. The summed E-state index contributed by atoms with van der Waals surface area (Å²) in [5.74, 6) is -0.0160. The van der Waals surface area contributed by atoms with Gasteiger partial charge in [0, 0.05) is 44.0 Å². The molecule has 2 aromatic rings. The zero-order valence-corrected chi connectivity index (χ0v) is 17.2. The molecule has 0 fully saturated rings. The minimum absolute atomic E-state index is 0.00244. The highest BCUT2D eigenvalue weighted by atomic mass is 16.5. The van der Waals surface area contributed by atoms with Crippen LogP contribution in [0, 0.1) is 0 Å². The number of ether oxygens (including phenoxy) is 1. The second-order valence-electron chi connectivity index (χ2n) is 7.60. The minimum Gasteiger partial charge on any atom is -0.493 e. The summed E-state index contributed by atoms with van der Waals surface area (Å²) in [6.45, 7) is 2.68. The highest BCUT2D eigenvalue weighted by Gasteiger charge is 2.16. The first-order valence-electron chi connectivity index (χ1n) is 10.4. The van der Waals surface area contributed by atoms with Gasteiger partial charge in [-0.15, -0.1) is 0 Å². The number of nitrogens with zero attached hydrogens (tertiary/aromatic N) is 2. The van der Waals surface area contributed by atoms with Gasteiger partial charge in [0.05, 0.1) is 13.2 Å². The number of aryl methyl sites for hydroxylation is 1. The van der Waals surface area contributed by atoms with Crippen molar-refractivity contribution in [3.63, 3.8) is 0 Å². The summed E-state index contributed by atoms with van der Waals surface area (Å²) in [5, 5.41) is 12.0. The van der Waals surface area contributed by atoms with Gasteiger partial charge in [0.25, 0.3) is 0 Å². The Kier molecular flexibility index (Phi) is 8.20. The number of fused-ring (bicyclic) bond motifs is 1. The SMILES string of the molecule is O=C(O)CCc1ccc2c(c1)CN(Cc1cccnc1)CC(=O)NCCCCCO2. The van der Waals surface area contributed by atoms with Crippen LogP contribution in [0.4, 0.5) is 0 Å². The molecule has 1 aromatic heterocycles. The van der Waals surface area contributed by atoms with Gasteiger partial charge in [-0.25, -0.2) is 0 Å². The lowest BCUT2D eigenvalue weighted by Crippen LogP contribution is -2.37. The summed E-state index contributed by atoms with van der Waals surface area (Å²) >= 11 is 0. The second-order valence-corrected chi connectivity index (χ2v) is 7.60. The number of carbonyl (C=O) groups excluding carboxylic acids is 1. The van der Waals surface area contributed by atoms with Crippen molar-refractivity contribution < 1.29 is 19.4 Å². The molecule has 0 radical (unpaired) electrons. The lowest BCUT2D eigenvalue weighted by molar-refractivity contribution is -0.137. The summed E-state index contributed by atoms with van der Waals surface area (Å²) in [6.07, 6.45) is 6.93. The zero-order valence-electron chi connectivity index (χ0n) is 17.2. The van der Waals surface area contributed by atoms with E-state index in [1.54, 1.807) is 12.4 Å². The molecule has 30 heavy (non-hydrogen) atoms. The number of hydrogen-bond donors (Lipinski definition) is 2. The van der Waals surface area contributed by atoms with E-state index in [9.17, 15) is 9.59 Å². The largest absolute Gasteiger partial charge is 0.493 e. The first kappa shape index (κ1) is 21.8. The number of rotatable bonds is 5. The van der Waals surface area contributed by atoms with Crippen LogP contribution in [0.15, 0.2) is 42.7 Å². The van der Waals surface area contributed by atoms with Crippen LogP contribution in [0.25, 0.3) is 0 Å². The minimum atomic E-state index is -0.815. The first-order valence-corrected chi connectivity index (χ1v) is 10.4. The van der Waals surface area contributed by atoms with Gasteiger partial charge >= 0.3 is 5.97 Å². The molecule has 2 N–H and O–H groups in total. The third-order valence-corrected chi connectivity index (χ3v) is 5.04. The third-order valence-electron chi connectivity index (χ3n) is 5.04. The van der Waals surface area contributed by atoms with E-state index in [4.69, 9.17) is 9.84 Å². The Hall–Kier alpha value is -2.93. The Balaban J connectivity index is 1.85. The molecule has 1 aromatic carbocycles. The Bertz CT molecular complexity index is 842. The highest BCUT2D eigenvalue weighted by molar-refractivity contribution is 5.78. The van der Waals surface area contributed by atoms with Crippen LogP contribution in [0.2, 0.25) is 0 Å². The third kappa shape index (κ3) is 7.15. The van der Waals surface area contributed by atoms with E-state index >= 15 is 0 Å². The average molecular weight is 412 g/mol. The van der Waals surface area contributed by atoms with Crippen LogP contribution in [-0.4, -0.2) is 46.6 Å². The van der Waals surface area contributed by atoms with Crippen LogP contribution in [0.3, 0.4) is 0 Å². The second kappa shape index (κ2) is 11.3. The lowest BCUT2D eigenvalue weighted by atomic mass is 10.0. The monoisotopic (exact) mass is 411 g/mol. The number of hydrogen-bond acceptors (Lipinski definition) is 5. The fourth-order valence-electron chi connectivity index (χ4n) is 3.54. The van der Waals surface area contributed by atoms with Crippen LogP contribution in [0.1, 0.15) is 42.4 Å². The van der Waals surface area contributed by atoms with Gasteiger partial charge < -0.3 is 15.2 Å². The van der Waals surface area contributed by atoms with Crippen molar-refractivity contribution in [3.05, 3.63) is 59.4 Å². The average Bonchev–Trinajstić information content (AvgIpc) is 2.74. The molecular weight excluding hydrogens is 382 g/mol. The molecule has 0 bridgehead atoms. The van der Waals surface area contributed by atoms with E-state index in [1.165, 1.54) is 0 Å². The number of aromatic nitrogens is 1. The van der Waals surface area contributed by atoms with Gasteiger partial charge in [-0.2, -0.15) is 0 Å². The molecule has 0 saturated carbocycles. The number of aliphatic carboxylic acids is 1.